The molecule has 1 fully saturated rings. The molecule has 0 saturated carbocycles. The van der Waals surface area contributed by atoms with Gasteiger partial charge in [0.1, 0.15) is 13.2 Å². The second-order valence-electron chi connectivity index (χ2n) is 7.80. The lowest BCUT2D eigenvalue weighted by atomic mass is 10.1. The highest BCUT2D eigenvalue weighted by molar-refractivity contribution is 5.94. The van der Waals surface area contributed by atoms with E-state index in [1.54, 1.807) is 6.08 Å². The maximum absolute atomic E-state index is 12.9. The summed E-state index contributed by atoms with van der Waals surface area (Å²) in [6.07, 6.45) is 2.45. The fourth-order valence-electron chi connectivity index (χ4n) is 3.81. The highest BCUT2D eigenvalue weighted by Gasteiger charge is 2.38. The van der Waals surface area contributed by atoms with Crippen LogP contribution in [0.3, 0.4) is 0 Å². The first-order valence-corrected chi connectivity index (χ1v) is 11.0. The third-order valence-corrected chi connectivity index (χ3v) is 5.49. The van der Waals surface area contributed by atoms with Gasteiger partial charge in [-0.2, -0.15) is 0 Å². The quantitative estimate of drug-likeness (QED) is 0.457. The van der Waals surface area contributed by atoms with E-state index in [1.165, 1.54) is 4.90 Å². The van der Waals surface area contributed by atoms with Gasteiger partial charge in [-0.15, -0.1) is 6.58 Å². The Balaban J connectivity index is 1.58. The number of ether oxygens (including phenoxy) is 3. The molecule has 3 atom stereocenters. The number of nitrogens with zero attached hydrogens (tertiary/aromatic N) is 1. The van der Waals surface area contributed by atoms with Gasteiger partial charge in [-0.1, -0.05) is 73.7 Å². The number of carbonyl (C=O) groups excluding carboxylic acids is 2. The number of hydrogen-bond donors (Lipinski definition) is 0. The van der Waals surface area contributed by atoms with Gasteiger partial charge in [0.2, 0.25) is 0 Å². The van der Waals surface area contributed by atoms with Gasteiger partial charge in [0.05, 0.1) is 24.9 Å². The predicted octanol–water partition coefficient (Wildman–Crippen LogP) is 4.53. The van der Waals surface area contributed by atoms with Crippen LogP contribution in [-0.4, -0.2) is 48.4 Å². The fourth-order valence-corrected chi connectivity index (χ4v) is 3.81. The van der Waals surface area contributed by atoms with Gasteiger partial charge in [-0.3, -0.25) is 4.79 Å². The Labute approximate surface area is 189 Å². The third-order valence-electron chi connectivity index (χ3n) is 5.49. The molecule has 2 aromatic carbocycles. The monoisotopic (exact) mass is 437 g/mol. The number of carbonyl (C=O) groups is 2. The Morgan fingerprint density at radius 2 is 1.75 bits per heavy atom. The van der Waals surface area contributed by atoms with Crippen molar-refractivity contribution in [1.29, 1.82) is 0 Å². The molecule has 0 aromatic heterocycles. The lowest BCUT2D eigenvalue weighted by Gasteiger charge is -2.27. The summed E-state index contributed by atoms with van der Waals surface area (Å²) in [5.41, 5.74) is 2.11. The molecule has 1 saturated heterocycles. The Morgan fingerprint density at radius 3 is 2.38 bits per heavy atom. The van der Waals surface area contributed by atoms with Crippen LogP contribution in [0.5, 0.6) is 0 Å². The van der Waals surface area contributed by atoms with Crippen LogP contribution < -0.4 is 0 Å². The lowest BCUT2D eigenvalue weighted by molar-refractivity contribution is -0.141. The molecule has 0 bridgehead atoms. The average Bonchev–Trinajstić information content (AvgIpc) is 3.18. The van der Waals surface area contributed by atoms with Gasteiger partial charge in [0, 0.05) is 0 Å². The van der Waals surface area contributed by atoms with Crippen molar-refractivity contribution in [3.63, 3.8) is 0 Å². The van der Waals surface area contributed by atoms with Crippen LogP contribution >= 0.6 is 0 Å². The Hall–Kier alpha value is -2.96. The van der Waals surface area contributed by atoms with Crippen LogP contribution in [0.15, 0.2) is 73.3 Å². The van der Waals surface area contributed by atoms with Gasteiger partial charge in [0.15, 0.2) is 0 Å². The van der Waals surface area contributed by atoms with E-state index in [0.29, 0.717) is 25.9 Å². The zero-order valence-electron chi connectivity index (χ0n) is 18.5. The number of amides is 2. The first-order valence-electron chi connectivity index (χ1n) is 11.0. The highest BCUT2D eigenvalue weighted by atomic mass is 16.6. The fraction of sp³-hybridized carbons (Fsp3) is 0.385. The molecule has 6 heteroatoms. The lowest BCUT2D eigenvalue weighted by Crippen LogP contribution is -2.43. The van der Waals surface area contributed by atoms with Crippen LogP contribution in [-0.2, 0) is 32.0 Å². The molecule has 2 aromatic rings. The van der Waals surface area contributed by atoms with Crippen molar-refractivity contribution in [2.45, 2.75) is 51.0 Å². The minimum Gasteiger partial charge on any atom is -0.447 e. The van der Waals surface area contributed by atoms with Crippen molar-refractivity contribution in [1.82, 2.24) is 4.90 Å². The number of hydrogen-bond acceptors (Lipinski definition) is 5. The van der Waals surface area contributed by atoms with Crippen LogP contribution in [0.25, 0.3) is 0 Å². The van der Waals surface area contributed by atoms with E-state index in [0.717, 1.165) is 11.1 Å². The first-order chi connectivity index (χ1) is 15.6. The minimum absolute atomic E-state index is 0.190. The Morgan fingerprint density at radius 1 is 1.09 bits per heavy atom. The van der Waals surface area contributed by atoms with Crippen molar-refractivity contribution in [3.8, 4) is 0 Å². The second kappa shape index (κ2) is 12.2. The molecule has 0 radical (unpaired) electrons. The van der Waals surface area contributed by atoms with E-state index in [4.69, 9.17) is 14.2 Å². The molecule has 0 unspecified atom stereocenters. The van der Waals surface area contributed by atoms with E-state index >= 15 is 0 Å². The smallest absolute Gasteiger partial charge is 0.417 e. The van der Waals surface area contributed by atoms with Crippen molar-refractivity contribution in [2.75, 3.05) is 13.2 Å². The zero-order valence-corrected chi connectivity index (χ0v) is 18.5. The zero-order chi connectivity index (χ0) is 22.8. The molecule has 0 N–H and O–H groups in total. The number of cyclic esters (lactones) is 1. The largest absolute Gasteiger partial charge is 0.447 e. The van der Waals surface area contributed by atoms with Gasteiger partial charge in [-0.25, -0.2) is 9.69 Å². The molecule has 0 spiro atoms. The van der Waals surface area contributed by atoms with Crippen LogP contribution in [0.2, 0.25) is 0 Å². The first kappa shape index (κ1) is 23.7. The maximum atomic E-state index is 12.9. The van der Waals surface area contributed by atoms with Gasteiger partial charge >= 0.3 is 6.09 Å². The van der Waals surface area contributed by atoms with Gasteiger partial charge in [-0.05, 0) is 30.4 Å². The number of rotatable bonds is 12. The van der Waals surface area contributed by atoms with Gasteiger partial charge in [0.25, 0.3) is 5.91 Å². The van der Waals surface area contributed by atoms with E-state index in [2.05, 4.69) is 6.58 Å². The van der Waals surface area contributed by atoms with Crippen molar-refractivity contribution in [3.05, 3.63) is 84.4 Å². The summed E-state index contributed by atoms with van der Waals surface area (Å²) in [5.74, 6) is -0.396. The molecule has 170 valence electrons. The van der Waals surface area contributed by atoms with E-state index in [9.17, 15) is 9.59 Å². The van der Waals surface area contributed by atoms with Crippen LogP contribution in [0, 0.1) is 0 Å². The highest BCUT2D eigenvalue weighted by Crippen LogP contribution is 2.19. The second-order valence-corrected chi connectivity index (χ2v) is 7.80. The van der Waals surface area contributed by atoms with Gasteiger partial charge < -0.3 is 14.2 Å². The van der Waals surface area contributed by atoms with Crippen LogP contribution in [0.4, 0.5) is 4.79 Å². The molecule has 1 aliphatic rings. The molecular weight excluding hydrogens is 406 g/mol. The standard InChI is InChI=1S/C26H31NO5/c1-3-11-24(30-17-21-14-9-6-10-15-21)23(4-2)31-19-25(28)27-22(18-32-26(27)29)16-20-12-7-5-8-13-20/h3,5-10,12-15,22-24H,1,4,11,16-19H2,2H3/t22-,23-,24-/m1/s1. The summed E-state index contributed by atoms with van der Waals surface area (Å²) in [6, 6.07) is 19.3. The summed E-state index contributed by atoms with van der Waals surface area (Å²) in [5, 5.41) is 0. The summed E-state index contributed by atoms with van der Waals surface area (Å²) < 4.78 is 17.2. The predicted molar refractivity (Wildman–Crippen MR) is 122 cm³/mol. The van der Waals surface area contributed by atoms with E-state index in [-0.39, 0.29) is 31.5 Å². The normalized spacial score (nSPS) is 17.6. The molecule has 6 nitrogen and oxygen atoms in total. The van der Waals surface area contributed by atoms with E-state index in [1.807, 2.05) is 67.6 Å². The number of imide groups is 1. The Bertz CT molecular complexity index is 870. The molecule has 2 amide bonds. The molecule has 1 heterocycles. The SMILES string of the molecule is C=CC[C@@H](OCc1ccccc1)[C@@H](CC)OCC(=O)N1C(=O)OC[C@H]1Cc1ccccc1. The maximum Gasteiger partial charge on any atom is 0.417 e. The van der Waals surface area contributed by atoms with Crippen molar-refractivity contribution >= 4 is 12.0 Å². The molecular formula is C26H31NO5. The number of benzene rings is 2. The molecule has 32 heavy (non-hydrogen) atoms. The summed E-state index contributed by atoms with van der Waals surface area (Å²) in [4.78, 5) is 26.3. The molecule has 1 aliphatic heterocycles. The summed E-state index contributed by atoms with van der Waals surface area (Å²) in [7, 11) is 0. The topological polar surface area (TPSA) is 65.1 Å². The van der Waals surface area contributed by atoms with Crippen molar-refractivity contribution < 1.29 is 23.8 Å². The summed E-state index contributed by atoms with van der Waals surface area (Å²) in [6.45, 7) is 6.24. The summed E-state index contributed by atoms with van der Waals surface area (Å²) >= 11 is 0. The molecule has 0 aliphatic carbocycles. The minimum atomic E-state index is -0.615. The van der Waals surface area contributed by atoms with Crippen LogP contribution in [0.1, 0.15) is 30.9 Å². The Kier molecular flexibility index (Phi) is 9.01. The third kappa shape index (κ3) is 6.52. The average molecular weight is 438 g/mol. The van der Waals surface area contributed by atoms with Crippen molar-refractivity contribution in [2.24, 2.45) is 0 Å². The molecule has 3 rings (SSSR count). The van der Waals surface area contributed by atoms with E-state index < -0.39 is 12.0 Å².